The third-order valence-electron chi connectivity index (χ3n) is 2.61. The molecule has 0 radical (unpaired) electrons. The number of hydrogen-bond donors (Lipinski definition) is 0. The minimum Gasteiger partial charge on any atom is -0.289 e. The SMILES string of the molecule is O=C1C=CC(=O)c2nc(-c3cnccn3)ccc21. The Labute approximate surface area is 102 Å². The highest BCUT2D eigenvalue weighted by molar-refractivity contribution is 6.21. The normalized spacial score (nSPS) is 13.6. The predicted octanol–water partition coefficient (Wildman–Crippen LogP) is 1.47. The Hall–Kier alpha value is -2.69. The fraction of sp³-hybridized carbons (Fsp3) is 0. The maximum Gasteiger partial charge on any atom is 0.205 e. The highest BCUT2D eigenvalue weighted by Gasteiger charge is 2.21. The zero-order chi connectivity index (χ0) is 12.5. The smallest absolute Gasteiger partial charge is 0.205 e. The molecular formula is C13H7N3O2. The molecule has 0 saturated heterocycles. The summed E-state index contributed by atoms with van der Waals surface area (Å²) >= 11 is 0. The third-order valence-corrected chi connectivity index (χ3v) is 2.61. The first-order chi connectivity index (χ1) is 8.75. The van der Waals surface area contributed by atoms with Gasteiger partial charge in [0.2, 0.25) is 5.78 Å². The van der Waals surface area contributed by atoms with Crippen LogP contribution in [0.4, 0.5) is 0 Å². The first-order valence-electron chi connectivity index (χ1n) is 5.30. The molecular weight excluding hydrogens is 230 g/mol. The average Bonchev–Trinajstić information content (AvgIpc) is 2.44. The molecule has 0 atom stereocenters. The number of hydrogen-bond acceptors (Lipinski definition) is 5. The molecule has 1 aliphatic carbocycles. The van der Waals surface area contributed by atoms with Crippen molar-refractivity contribution in [1.29, 1.82) is 0 Å². The summed E-state index contributed by atoms with van der Waals surface area (Å²) in [5, 5.41) is 0. The Morgan fingerprint density at radius 2 is 1.72 bits per heavy atom. The van der Waals surface area contributed by atoms with Crippen molar-refractivity contribution in [2.45, 2.75) is 0 Å². The molecule has 0 saturated carbocycles. The monoisotopic (exact) mass is 237 g/mol. The highest BCUT2D eigenvalue weighted by Crippen LogP contribution is 2.20. The Morgan fingerprint density at radius 1 is 0.889 bits per heavy atom. The van der Waals surface area contributed by atoms with Gasteiger partial charge in [-0.2, -0.15) is 0 Å². The highest BCUT2D eigenvalue weighted by atomic mass is 16.1. The number of allylic oxidation sites excluding steroid dienone is 2. The summed E-state index contributed by atoms with van der Waals surface area (Å²) < 4.78 is 0. The van der Waals surface area contributed by atoms with Gasteiger partial charge in [0.15, 0.2) is 5.78 Å². The van der Waals surface area contributed by atoms with Crippen LogP contribution >= 0.6 is 0 Å². The lowest BCUT2D eigenvalue weighted by atomic mass is 9.99. The van der Waals surface area contributed by atoms with Crippen molar-refractivity contribution in [3.63, 3.8) is 0 Å². The van der Waals surface area contributed by atoms with Gasteiger partial charge >= 0.3 is 0 Å². The Balaban J connectivity index is 2.16. The fourth-order valence-electron chi connectivity index (χ4n) is 1.74. The van der Waals surface area contributed by atoms with Crippen molar-refractivity contribution in [2.75, 3.05) is 0 Å². The summed E-state index contributed by atoms with van der Waals surface area (Å²) in [7, 11) is 0. The maximum absolute atomic E-state index is 11.7. The van der Waals surface area contributed by atoms with Crippen molar-refractivity contribution in [2.24, 2.45) is 0 Å². The second kappa shape index (κ2) is 3.96. The van der Waals surface area contributed by atoms with Gasteiger partial charge in [-0.25, -0.2) is 4.98 Å². The maximum atomic E-state index is 11.7. The minimum absolute atomic E-state index is 0.172. The minimum atomic E-state index is -0.268. The second-order valence-corrected chi connectivity index (χ2v) is 3.75. The van der Waals surface area contributed by atoms with Crippen molar-refractivity contribution in [3.05, 3.63) is 54.1 Å². The largest absolute Gasteiger partial charge is 0.289 e. The molecule has 0 amide bonds. The van der Waals surface area contributed by atoms with E-state index in [0.717, 1.165) is 0 Å². The molecule has 0 fully saturated rings. The second-order valence-electron chi connectivity index (χ2n) is 3.75. The number of rotatable bonds is 1. The molecule has 2 aromatic rings. The van der Waals surface area contributed by atoms with E-state index in [0.29, 0.717) is 17.0 Å². The van der Waals surface area contributed by atoms with E-state index in [-0.39, 0.29) is 17.3 Å². The standard InChI is InChI=1S/C13H7N3O2/c17-11-3-4-12(18)13-8(11)1-2-9(16-13)10-7-14-5-6-15-10/h1-7H. The Bertz CT molecular complexity index is 678. The molecule has 1 aliphatic rings. The third kappa shape index (κ3) is 1.62. The first-order valence-corrected chi connectivity index (χ1v) is 5.30. The molecule has 0 N–H and O–H groups in total. The van der Waals surface area contributed by atoms with Crippen LogP contribution in [0.1, 0.15) is 20.8 Å². The lowest BCUT2D eigenvalue weighted by Gasteiger charge is -2.09. The van der Waals surface area contributed by atoms with Crippen molar-refractivity contribution >= 4 is 11.6 Å². The lowest BCUT2D eigenvalue weighted by molar-refractivity contribution is 0.0990. The summed E-state index contributed by atoms with van der Waals surface area (Å²) in [6, 6.07) is 3.25. The molecule has 5 nitrogen and oxygen atoms in total. The van der Waals surface area contributed by atoms with Gasteiger partial charge in [0.25, 0.3) is 0 Å². The van der Waals surface area contributed by atoms with Gasteiger partial charge in [-0.15, -0.1) is 0 Å². The van der Waals surface area contributed by atoms with Gasteiger partial charge in [0.1, 0.15) is 11.4 Å². The Morgan fingerprint density at radius 3 is 2.50 bits per heavy atom. The van der Waals surface area contributed by atoms with E-state index in [1.807, 2.05) is 0 Å². The molecule has 0 spiro atoms. The van der Waals surface area contributed by atoms with Crippen LogP contribution in [0.5, 0.6) is 0 Å². The molecule has 0 aromatic carbocycles. The van der Waals surface area contributed by atoms with E-state index < -0.39 is 0 Å². The van der Waals surface area contributed by atoms with Gasteiger partial charge < -0.3 is 0 Å². The molecule has 2 aromatic heterocycles. The van der Waals surface area contributed by atoms with Gasteiger partial charge in [0.05, 0.1) is 17.5 Å². The molecule has 0 aliphatic heterocycles. The number of nitrogens with zero attached hydrogens (tertiary/aromatic N) is 3. The van der Waals surface area contributed by atoms with Crippen molar-refractivity contribution < 1.29 is 9.59 Å². The zero-order valence-corrected chi connectivity index (χ0v) is 9.20. The summed E-state index contributed by atoms with van der Waals surface area (Å²) in [4.78, 5) is 35.5. The van der Waals surface area contributed by atoms with E-state index in [1.54, 1.807) is 30.7 Å². The Kier molecular flexibility index (Phi) is 2.30. The zero-order valence-electron chi connectivity index (χ0n) is 9.20. The average molecular weight is 237 g/mol. The summed E-state index contributed by atoms with van der Waals surface area (Å²) in [5.41, 5.74) is 1.59. The topological polar surface area (TPSA) is 72.8 Å². The molecule has 2 heterocycles. The number of aromatic nitrogens is 3. The van der Waals surface area contributed by atoms with Crippen LogP contribution in [0.3, 0.4) is 0 Å². The molecule has 86 valence electrons. The summed E-state index contributed by atoms with van der Waals surface area (Å²) in [6.07, 6.45) is 7.15. The fourth-order valence-corrected chi connectivity index (χ4v) is 1.74. The van der Waals surface area contributed by atoms with Gasteiger partial charge in [-0.3, -0.25) is 19.6 Å². The van der Waals surface area contributed by atoms with Crippen LogP contribution in [0.2, 0.25) is 0 Å². The summed E-state index contributed by atoms with van der Waals surface area (Å²) in [6.45, 7) is 0. The van der Waals surface area contributed by atoms with Crippen LogP contribution in [0, 0.1) is 0 Å². The predicted molar refractivity (Wildman–Crippen MR) is 63.1 cm³/mol. The van der Waals surface area contributed by atoms with E-state index >= 15 is 0 Å². The van der Waals surface area contributed by atoms with E-state index in [4.69, 9.17) is 0 Å². The molecule has 0 bridgehead atoms. The van der Waals surface area contributed by atoms with Crippen LogP contribution in [0.15, 0.2) is 42.9 Å². The van der Waals surface area contributed by atoms with Crippen LogP contribution < -0.4 is 0 Å². The van der Waals surface area contributed by atoms with E-state index in [9.17, 15) is 9.59 Å². The number of fused-ring (bicyclic) bond motifs is 1. The number of carbonyl (C=O) groups is 2. The molecule has 18 heavy (non-hydrogen) atoms. The van der Waals surface area contributed by atoms with Gasteiger partial charge in [-0.1, -0.05) is 0 Å². The number of ketones is 2. The number of pyridine rings is 1. The summed E-state index contributed by atoms with van der Waals surface area (Å²) in [5.74, 6) is -0.474. The van der Waals surface area contributed by atoms with Gasteiger partial charge in [0, 0.05) is 12.4 Å². The molecule has 5 heteroatoms. The lowest BCUT2D eigenvalue weighted by Crippen LogP contribution is -2.14. The molecule has 0 unspecified atom stereocenters. The number of carbonyl (C=O) groups excluding carboxylic acids is 2. The quantitative estimate of drug-likeness (QED) is 0.751. The molecule has 3 rings (SSSR count). The van der Waals surface area contributed by atoms with Crippen LogP contribution in [-0.4, -0.2) is 26.5 Å². The van der Waals surface area contributed by atoms with E-state index in [2.05, 4.69) is 15.0 Å². The van der Waals surface area contributed by atoms with Crippen LogP contribution in [-0.2, 0) is 0 Å². The first kappa shape index (κ1) is 10.5. The van der Waals surface area contributed by atoms with E-state index in [1.165, 1.54) is 12.2 Å². The van der Waals surface area contributed by atoms with Crippen molar-refractivity contribution in [3.8, 4) is 11.4 Å². The van der Waals surface area contributed by atoms with Crippen molar-refractivity contribution in [1.82, 2.24) is 15.0 Å². The van der Waals surface area contributed by atoms with Crippen LogP contribution in [0.25, 0.3) is 11.4 Å². The van der Waals surface area contributed by atoms with Gasteiger partial charge in [-0.05, 0) is 24.3 Å².